The Morgan fingerprint density at radius 2 is 2.04 bits per heavy atom. The van der Waals surface area contributed by atoms with Crippen molar-refractivity contribution in [3.63, 3.8) is 0 Å². The van der Waals surface area contributed by atoms with Crippen molar-refractivity contribution in [2.24, 2.45) is 17.1 Å². The first-order valence-electron chi connectivity index (χ1n) is 8.78. The third-order valence-electron chi connectivity index (χ3n) is 5.25. The molecule has 1 amide bonds. The molecule has 2 N–H and O–H groups in total. The van der Waals surface area contributed by atoms with Crippen LogP contribution in [-0.4, -0.2) is 35.7 Å². The van der Waals surface area contributed by atoms with Crippen molar-refractivity contribution in [2.45, 2.75) is 12.8 Å². The number of hydrogen-bond donors (Lipinski definition) is 1. The number of nitriles is 3. The summed E-state index contributed by atoms with van der Waals surface area (Å²) >= 11 is 0. The summed E-state index contributed by atoms with van der Waals surface area (Å²) in [6.07, 6.45) is 4.43. The minimum Gasteiger partial charge on any atom is -0.450 e. The molecule has 2 unspecified atom stereocenters. The topological polar surface area (TPSA) is 140 Å². The quantitative estimate of drug-likeness (QED) is 0.834. The predicted octanol–water partition coefficient (Wildman–Crippen LogP) is 1.96. The van der Waals surface area contributed by atoms with Gasteiger partial charge in [-0.2, -0.15) is 15.8 Å². The zero-order valence-corrected chi connectivity index (χ0v) is 15.3. The Bertz CT molecular complexity index is 963. The van der Waals surface area contributed by atoms with E-state index in [4.69, 9.17) is 10.5 Å². The molecule has 0 fully saturated rings. The van der Waals surface area contributed by atoms with Crippen molar-refractivity contribution in [3.8, 4) is 18.2 Å². The van der Waals surface area contributed by atoms with Gasteiger partial charge in [0.1, 0.15) is 0 Å². The molecular formula is C20H18N6O2. The van der Waals surface area contributed by atoms with Gasteiger partial charge in [-0.1, -0.05) is 6.08 Å². The van der Waals surface area contributed by atoms with Crippen LogP contribution in [0, 0.1) is 45.3 Å². The zero-order valence-electron chi connectivity index (χ0n) is 15.3. The van der Waals surface area contributed by atoms with Crippen molar-refractivity contribution in [1.29, 1.82) is 15.8 Å². The first kappa shape index (κ1) is 18.9. The van der Waals surface area contributed by atoms with Gasteiger partial charge in [-0.25, -0.2) is 4.79 Å². The minimum absolute atomic E-state index is 0.0496. The lowest BCUT2D eigenvalue weighted by Crippen LogP contribution is -2.49. The largest absolute Gasteiger partial charge is 0.450 e. The second-order valence-electron chi connectivity index (χ2n) is 6.56. The van der Waals surface area contributed by atoms with Gasteiger partial charge < -0.3 is 15.4 Å². The number of nitrogens with zero attached hydrogens (tertiary/aromatic N) is 5. The lowest BCUT2D eigenvalue weighted by Gasteiger charge is -2.45. The molecule has 28 heavy (non-hydrogen) atoms. The molecule has 3 rings (SSSR count). The molecule has 8 nitrogen and oxygen atoms in total. The van der Waals surface area contributed by atoms with Crippen LogP contribution in [0.5, 0.6) is 0 Å². The fourth-order valence-corrected chi connectivity index (χ4v) is 4.02. The van der Waals surface area contributed by atoms with Gasteiger partial charge in [-0.15, -0.1) is 0 Å². The van der Waals surface area contributed by atoms with Gasteiger partial charge in [0.2, 0.25) is 0 Å². The van der Waals surface area contributed by atoms with Gasteiger partial charge >= 0.3 is 6.09 Å². The van der Waals surface area contributed by atoms with E-state index in [0.29, 0.717) is 11.1 Å². The number of allylic oxidation sites excluding steroid dienone is 2. The SMILES string of the molecule is CCOC(=O)N1CC=C2C(N)=C(C#N)C(C#N)(C#N)C(c3ccncc3)C2C1. The van der Waals surface area contributed by atoms with E-state index >= 15 is 0 Å². The summed E-state index contributed by atoms with van der Waals surface area (Å²) in [6.45, 7) is 2.46. The highest BCUT2D eigenvalue weighted by Gasteiger charge is 2.55. The molecule has 2 atom stereocenters. The Balaban J connectivity index is 2.22. The van der Waals surface area contributed by atoms with E-state index in [-0.39, 0.29) is 31.0 Å². The summed E-state index contributed by atoms with van der Waals surface area (Å²) in [6, 6.07) is 9.50. The van der Waals surface area contributed by atoms with E-state index in [0.717, 1.165) is 0 Å². The van der Waals surface area contributed by atoms with E-state index in [1.165, 1.54) is 4.90 Å². The van der Waals surface area contributed by atoms with Crippen LogP contribution in [0.2, 0.25) is 0 Å². The Kier molecular flexibility index (Phi) is 5.02. The molecule has 8 heteroatoms. The van der Waals surface area contributed by atoms with Crippen molar-refractivity contribution in [3.05, 3.63) is 53.0 Å². The fourth-order valence-electron chi connectivity index (χ4n) is 4.02. The van der Waals surface area contributed by atoms with Crippen LogP contribution in [0.1, 0.15) is 18.4 Å². The van der Waals surface area contributed by atoms with Crippen LogP contribution in [0.3, 0.4) is 0 Å². The van der Waals surface area contributed by atoms with E-state index in [9.17, 15) is 20.6 Å². The lowest BCUT2D eigenvalue weighted by molar-refractivity contribution is 0.0999. The third kappa shape index (κ3) is 2.74. The van der Waals surface area contributed by atoms with Crippen molar-refractivity contribution in [1.82, 2.24) is 9.88 Å². The molecule has 1 aromatic heterocycles. The zero-order chi connectivity index (χ0) is 20.3. The number of pyridine rings is 1. The highest BCUT2D eigenvalue weighted by Crippen LogP contribution is 2.54. The number of fused-ring (bicyclic) bond motifs is 1. The third-order valence-corrected chi connectivity index (χ3v) is 5.25. The summed E-state index contributed by atoms with van der Waals surface area (Å²) in [5.74, 6) is -1.12. The molecule has 1 aromatic rings. The highest BCUT2D eigenvalue weighted by molar-refractivity contribution is 5.69. The van der Waals surface area contributed by atoms with Crippen LogP contribution in [0.25, 0.3) is 0 Å². The molecule has 0 saturated heterocycles. The first-order valence-corrected chi connectivity index (χ1v) is 8.78. The molecule has 140 valence electrons. The van der Waals surface area contributed by atoms with E-state index in [2.05, 4.69) is 4.98 Å². The first-order chi connectivity index (χ1) is 13.5. The Morgan fingerprint density at radius 1 is 1.36 bits per heavy atom. The number of nitrogens with two attached hydrogens (primary N) is 1. The molecule has 1 aliphatic carbocycles. The standard InChI is InChI=1S/C20H18N6O2/c1-2-28-19(27)26-8-5-14-15(10-26)17(13-3-6-25-7-4-13)20(11-22,12-23)16(9-21)18(14)24/h3-7,15,17H,2,8,10,24H2,1H3. The number of carbonyl (C=O) groups is 1. The Labute approximate surface area is 162 Å². The summed E-state index contributed by atoms with van der Waals surface area (Å²) in [7, 11) is 0. The van der Waals surface area contributed by atoms with Crippen LogP contribution in [0.4, 0.5) is 4.79 Å². The van der Waals surface area contributed by atoms with Gasteiger partial charge in [0.05, 0.1) is 36.1 Å². The number of rotatable bonds is 2. The summed E-state index contributed by atoms with van der Waals surface area (Å²) in [5.41, 5.74) is 5.92. The average Bonchev–Trinajstić information content (AvgIpc) is 2.73. The summed E-state index contributed by atoms with van der Waals surface area (Å²) in [4.78, 5) is 17.8. The fraction of sp³-hybridized carbons (Fsp3) is 0.350. The molecule has 2 heterocycles. The second-order valence-corrected chi connectivity index (χ2v) is 6.56. The second kappa shape index (κ2) is 7.42. The van der Waals surface area contributed by atoms with Crippen molar-refractivity contribution < 1.29 is 9.53 Å². The lowest BCUT2D eigenvalue weighted by atomic mass is 9.57. The molecule has 0 spiro atoms. The van der Waals surface area contributed by atoms with Gasteiger partial charge in [0.25, 0.3) is 0 Å². The van der Waals surface area contributed by atoms with E-state index in [1.54, 1.807) is 37.5 Å². The van der Waals surface area contributed by atoms with Crippen LogP contribution in [-0.2, 0) is 4.74 Å². The molecule has 1 aliphatic heterocycles. The summed E-state index contributed by atoms with van der Waals surface area (Å²) in [5, 5.41) is 29.7. The van der Waals surface area contributed by atoms with Gasteiger partial charge in [-0.05, 0) is 30.2 Å². The monoisotopic (exact) mass is 374 g/mol. The Morgan fingerprint density at radius 3 is 2.61 bits per heavy atom. The highest BCUT2D eigenvalue weighted by atomic mass is 16.6. The van der Waals surface area contributed by atoms with Crippen LogP contribution in [0.15, 0.2) is 47.4 Å². The summed E-state index contributed by atoms with van der Waals surface area (Å²) < 4.78 is 5.10. The number of aromatic nitrogens is 1. The van der Waals surface area contributed by atoms with Crippen LogP contribution >= 0.6 is 0 Å². The molecule has 2 aliphatic rings. The van der Waals surface area contributed by atoms with Gasteiger partial charge in [-0.3, -0.25) is 4.98 Å². The van der Waals surface area contributed by atoms with E-state index < -0.39 is 23.3 Å². The number of ether oxygens (including phenoxy) is 1. The molecule has 0 radical (unpaired) electrons. The molecule has 0 aromatic carbocycles. The maximum absolute atomic E-state index is 12.3. The van der Waals surface area contributed by atoms with Gasteiger partial charge in [0, 0.05) is 37.3 Å². The number of hydrogen-bond acceptors (Lipinski definition) is 7. The smallest absolute Gasteiger partial charge is 0.410 e. The minimum atomic E-state index is -1.76. The van der Waals surface area contributed by atoms with Crippen molar-refractivity contribution >= 4 is 6.09 Å². The van der Waals surface area contributed by atoms with Crippen molar-refractivity contribution in [2.75, 3.05) is 19.7 Å². The Hall–Kier alpha value is -3.83. The number of carbonyl (C=O) groups excluding carboxylic acids is 1. The van der Waals surface area contributed by atoms with Gasteiger partial charge in [0.15, 0.2) is 5.41 Å². The maximum atomic E-state index is 12.3. The van der Waals surface area contributed by atoms with Crippen LogP contribution < -0.4 is 5.73 Å². The normalized spacial score (nSPS) is 22.8. The maximum Gasteiger partial charge on any atom is 0.410 e. The molecule has 0 saturated carbocycles. The predicted molar refractivity (Wildman–Crippen MR) is 97.6 cm³/mol. The number of amides is 1. The molecular weight excluding hydrogens is 356 g/mol. The van der Waals surface area contributed by atoms with E-state index in [1.807, 2.05) is 18.2 Å². The average molecular weight is 374 g/mol. The molecule has 0 bridgehead atoms.